The van der Waals surface area contributed by atoms with Crippen LogP contribution in [0.15, 0.2) is 0 Å². The number of unbranched alkanes of at least 4 members (excludes halogenated alkanes) is 1. The summed E-state index contributed by atoms with van der Waals surface area (Å²) in [5, 5.41) is 11.9. The van der Waals surface area contributed by atoms with Crippen LogP contribution in [0, 0.1) is 5.92 Å². The highest BCUT2D eigenvalue weighted by atomic mass is 16.4. The van der Waals surface area contributed by atoms with Gasteiger partial charge in [-0.25, -0.2) is 4.79 Å². The van der Waals surface area contributed by atoms with Crippen molar-refractivity contribution in [2.24, 2.45) is 5.92 Å². The maximum Gasteiger partial charge on any atom is 0.317 e. The minimum absolute atomic E-state index is 0.127. The number of carbonyl (C=O) groups excluding carboxylic acids is 1. The summed E-state index contributed by atoms with van der Waals surface area (Å²) in [7, 11) is 2.10. The van der Waals surface area contributed by atoms with Crippen molar-refractivity contribution in [1.29, 1.82) is 0 Å². The number of piperidine rings is 1. The van der Waals surface area contributed by atoms with Gasteiger partial charge in [0.05, 0.1) is 5.92 Å². The number of rotatable bonds is 7. The Hall–Kier alpha value is -1.30. The lowest BCUT2D eigenvalue weighted by Gasteiger charge is -2.30. The Morgan fingerprint density at radius 2 is 2.10 bits per heavy atom. The first kappa shape index (κ1) is 17.8. The second-order valence-corrected chi connectivity index (χ2v) is 6.14. The van der Waals surface area contributed by atoms with Gasteiger partial charge in [-0.3, -0.25) is 4.79 Å². The van der Waals surface area contributed by atoms with Gasteiger partial charge in [0.25, 0.3) is 0 Å². The number of carbonyl (C=O) groups is 2. The fourth-order valence-electron chi connectivity index (χ4n) is 2.41. The van der Waals surface area contributed by atoms with Crippen molar-refractivity contribution in [3.8, 4) is 0 Å². The fraction of sp³-hybridized carbons (Fsp3) is 0.867. The van der Waals surface area contributed by atoms with E-state index in [1.54, 1.807) is 4.90 Å². The summed E-state index contributed by atoms with van der Waals surface area (Å²) in [6.07, 6.45) is 3.43. The lowest BCUT2D eigenvalue weighted by Crippen LogP contribution is -2.47. The standard InChI is InChI=1S/C15H29N3O3/c1-12(2)17(3)9-5-4-8-16-15(21)18-10-6-7-13(11-18)14(19)20/h12-13H,4-11H2,1-3H3,(H,16,21)(H,19,20)/t13-/m1/s1. The average Bonchev–Trinajstić information content (AvgIpc) is 2.46. The van der Waals surface area contributed by atoms with Gasteiger partial charge in [0, 0.05) is 25.7 Å². The molecule has 1 atom stereocenters. The normalized spacial score (nSPS) is 19.1. The highest BCUT2D eigenvalue weighted by Crippen LogP contribution is 2.16. The van der Waals surface area contributed by atoms with Crippen LogP contribution in [0.1, 0.15) is 39.5 Å². The molecule has 122 valence electrons. The number of hydrogen-bond donors (Lipinski definition) is 2. The fourth-order valence-corrected chi connectivity index (χ4v) is 2.41. The van der Waals surface area contributed by atoms with E-state index in [0.29, 0.717) is 32.1 Å². The van der Waals surface area contributed by atoms with Crippen molar-refractivity contribution < 1.29 is 14.7 Å². The third-order valence-electron chi connectivity index (χ3n) is 4.15. The van der Waals surface area contributed by atoms with Crippen molar-refractivity contribution in [2.75, 3.05) is 33.2 Å². The number of carboxylic acid groups (broad SMARTS) is 1. The summed E-state index contributed by atoms with van der Waals surface area (Å²) >= 11 is 0. The Balaban J connectivity index is 2.17. The van der Waals surface area contributed by atoms with E-state index in [0.717, 1.165) is 25.8 Å². The highest BCUT2D eigenvalue weighted by molar-refractivity contribution is 5.76. The Kier molecular flexibility index (Phi) is 7.50. The molecular formula is C15H29N3O3. The van der Waals surface area contributed by atoms with E-state index in [1.807, 2.05) is 0 Å². The van der Waals surface area contributed by atoms with E-state index in [4.69, 9.17) is 5.11 Å². The molecule has 6 heteroatoms. The summed E-state index contributed by atoms with van der Waals surface area (Å²) < 4.78 is 0. The summed E-state index contributed by atoms with van der Waals surface area (Å²) in [5.41, 5.74) is 0. The van der Waals surface area contributed by atoms with Crippen LogP contribution in [0.2, 0.25) is 0 Å². The van der Waals surface area contributed by atoms with Crippen LogP contribution in [0.4, 0.5) is 4.79 Å². The first-order valence-corrected chi connectivity index (χ1v) is 7.87. The zero-order valence-corrected chi connectivity index (χ0v) is 13.5. The molecular weight excluding hydrogens is 270 g/mol. The zero-order chi connectivity index (χ0) is 15.8. The van der Waals surface area contributed by atoms with E-state index >= 15 is 0 Å². The molecule has 0 spiro atoms. The molecule has 0 aromatic carbocycles. The molecule has 1 saturated heterocycles. The lowest BCUT2D eigenvalue weighted by molar-refractivity contribution is -0.143. The van der Waals surface area contributed by atoms with Gasteiger partial charge in [0.15, 0.2) is 0 Å². The van der Waals surface area contributed by atoms with Gasteiger partial charge in [0.1, 0.15) is 0 Å². The molecule has 1 fully saturated rings. The number of amides is 2. The number of nitrogens with zero attached hydrogens (tertiary/aromatic N) is 2. The van der Waals surface area contributed by atoms with Crippen molar-refractivity contribution in [2.45, 2.75) is 45.6 Å². The molecule has 21 heavy (non-hydrogen) atoms. The molecule has 1 rings (SSSR count). The zero-order valence-electron chi connectivity index (χ0n) is 13.5. The van der Waals surface area contributed by atoms with E-state index in [1.165, 1.54) is 0 Å². The van der Waals surface area contributed by atoms with Crippen LogP contribution in [0.5, 0.6) is 0 Å². The van der Waals surface area contributed by atoms with Gasteiger partial charge in [-0.1, -0.05) is 0 Å². The van der Waals surface area contributed by atoms with E-state index in [9.17, 15) is 9.59 Å². The van der Waals surface area contributed by atoms with E-state index < -0.39 is 11.9 Å². The minimum Gasteiger partial charge on any atom is -0.481 e. The quantitative estimate of drug-likeness (QED) is 0.701. The van der Waals surface area contributed by atoms with Gasteiger partial charge in [-0.2, -0.15) is 0 Å². The van der Waals surface area contributed by atoms with Crippen LogP contribution in [-0.2, 0) is 4.79 Å². The van der Waals surface area contributed by atoms with Crippen molar-refractivity contribution >= 4 is 12.0 Å². The number of carboxylic acids is 1. The molecule has 0 aromatic heterocycles. The summed E-state index contributed by atoms with van der Waals surface area (Å²) in [6.45, 7) is 6.99. The predicted molar refractivity (Wildman–Crippen MR) is 82.3 cm³/mol. The Morgan fingerprint density at radius 3 is 2.71 bits per heavy atom. The van der Waals surface area contributed by atoms with E-state index in [-0.39, 0.29) is 6.03 Å². The molecule has 2 N–H and O–H groups in total. The molecule has 1 aliphatic heterocycles. The number of hydrogen-bond acceptors (Lipinski definition) is 3. The molecule has 2 amide bonds. The molecule has 0 unspecified atom stereocenters. The van der Waals surface area contributed by atoms with Gasteiger partial charge in [0.2, 0.25) is 0 Å². The number of likely N-dealkylation sites (tertiary alicyclic amines) is 1. The number of nitrogens with one attached hydrogen (secondary N) is 1. The predicted octanol–water partition coefficient (Wildman–Crippen LogP) is 1.61. The maximum absolute atomic E-state index is 12.0. The topological polar surface area (TPSA) is 72.9 Å². The third-order valence-corrected chi connectivity index (χ3v) is 4.15. The molecule has 1 heterocycles. The molecule has 0 aromatic rings. The SMILES string of the molecule is CC(C)N(C)CCCCNC(=O)N1CCC[C@@H](C(=O)O)C1. The molecule has 0 radical (unpaired) electrons. The third kappa shape index (κ3) is 6.33. The first-order valence-electron chi connectivity index (χ1n) is 7.87. The Labute approximate surface area is 127 Å². The Morgan fingerprint density at radius 1 is 1.38 bits per heavy atom. The molecule has 6 nitrogen and oxygen atoms in total. The first-order chi connectivity index (χ1) is 9.91. The maximum atomic E-state index is 12.0. The number of aliphatic carboxylic acids is 1. The van der Waals surface area contributed by atoms with Crippen LogP contribution in [0.3, 0.4) is 0 Å². The van der Waals surface area contributed by atoms with Crippen molar-refractivity contribution in [1.82, 2.24) is 15.1 Å². The van der Waals surface area contributed by atoms with Crippen LogP contribution < -0.4 is 5.32 Å². The molecule has 0 aliphatic carbocycles. The van der Waals surface area contributed by atoms with Crippen molar-refractivity contribution in [3.05, 3.63) is 0 Å². The van der Waals surface area contributed by atoms with Gasteiger partial charge in [-0.05, 0) is 53.1 Å². The second-order valence-electron chi connectivity index (χ2n) is 6.14. The summed E-state index contributed by atoms with van der Waals surface area (Å²) in [6, 6.07) is 0.416. The average molecular weight is 299 g/mol. The minimum atomic E-state index is -0.802. The van der Waals surface area contributed by atoms with Crippen LogP contribution in [-0.4, -0.2) is 66.2 Å². The van der Waals surface area contributed by atoms with Gasteiger partial charge >= 0.3 is 12.0 Å². The second kappa shape index (κ2) is 8.87. The Bertz CT molecular complexity index is 347. The van der Waals surface area contributed by atoms with E-state index in [2.05, 4.69) is 31.1 Å². The highest BCUT2D eigenvalue weighted by Gasteiger charge is 2.27. The summed E-state index contributed by atoms with van der Waals surface area (Å²) in [4.78, 5) is 26.9. The molecule has 0 bridgehead atoms. The summed E-state index contributed by atoms with van der Waals surface area (Å²) in [5.74, 6) is -1.21. The molecule has 1 aliphatic rings. The smallest absolute Gasteiger partial charge is 0.317 e. The van der Waals surface area contributed by atoms with Gasteiger partial charge in [-0.15, -0.1) is 0 Å². The van der Waals surface area contributed by atoms with Gasteiger partial charge < -0.3 is 20.2 Å². The monoisotopic (exact) mass is 299 g/mol. The lowest BCUT2D eigenvalue weighted by atomic mass is 9.99. The van der Waals surface area contributed by atoms with Crippen molar-refractivity contribution in [3.63, 3.8) is 0 Å². The number of urea groups is 1. The van der Waals surface area contributed by atoms with Crippen LogP contribution in [0.25, 0.3) is 0 Å². The van der Waals surface area contributed by atoms with Crippen LogP contribution >= 0.6 is 0 Å². The molecule has 0 saturated carbocycles. The largest absolute Gasteiger partial charge is 0.481 e.